The van der Waals surface area contributed by atoms with Crippen LogP contribution in [0.3, 0.4) is 0 Å². The summed E-state index contributed by atoms with van der Waals surface area (Å²) in [7, 11) is -3.33. The molecule has 100 valence electrons. The number of rotatable bonds is 5. The van der Waals surface area contributed by atoms with Crippen LogP contribution in [0.1, 0.15) is 12.8 Å². The molecular weight excluding hydrogens is 297 g/mol. The van der Waals surface area contributed by atoms with Crippen LogP contribution in [-0.4, -0.2) is 26.5 Å². The van der Waals surface area contributed by atoms with Crippen LogP contribution in [0.2, 0.25) is 5.02 Å². The number of anilines is 1. The van der Waals surface area contributed by atoms with Crippen molar-refractivity contribution in [3.8, 4) is 0 Å². The van der Waals surface area contributed by atoms with Crippen LogP contribution in [0.5, 0.6) is 0 Å². The highest BCUT2D eigenvalue weighted by Crippen LogP contribution is 2.25. The monoisotopic (exact) mass is 309 g/mol. The Morgan fingerprint density at radius 3 is 2.61 bits per heavy atom. The summed E-state index contributed by atoms with van der Waals surface area (Å²) in [4.78, 5) is 11.6. The van der Waals surface area contributed by atoms with E-state index in [4.69, 9.17) is 23.2 Å². The van der Waals surface area contributed by atoms with E-state index in [9.17, 15) is 13.2 Å². The fraction of sp³-hybridized carbons (Fsp3) is 0.364. The molecule has 0 atom stereocenters. The number of amides is 1. The van der Waals surface area contributed by atoms with Gasteiger partial charge in [0.05, 0.1) is 15.6 Å². The van der Waals surface area contributed by atoms with Crippen LogP contribution in [0, 0.1) is 0 Å². The second kappa shape index (κ2) is 6.41. The highest BCUT2D eigenvalue weighted by Gasteiger charge is 2.12. The van der Waals surface area contributed by atoms with Crippen molar-refractivity contribution in [1.82, 2.24) is 0 Å². The third-order valence-electron chi connectivity index (χ3n) is 2.18. The molecule has 0 aliphatic heterocycles. The van der Waals surface area contributed by atoms with Gasteiger partial charge >= 0.3 is 0 Å². The van der Waals surface area contributed by atoms with Gasteiger partial charge in [0.25, 0.3) is 0 Å². The predicted molar refractivity (Wildman–Crippen MR) is 73.1 cm³/mol. The van der Waals surface area contributed by atoms with E-state index in [2.05, 4.69) is 5.32 Å². The zero-order chi connectivity index (χ0) is 13.8. The second-order valence-corrected chi connectivity index (χ2v) is 6.56. The SMILES string of the molecule is CS(=O)(=O)c1ccc(Cl)c(NC(=O)CCCCl)c1. The molecule has 1 aromatic rings. The number of carbonyl (C=O) groups excluding carboxylic acids is 1. The summed E-state index contributed by atoms with van der Waals surface area (Å²) >= 11 is 11.4. The maximum atomic E-state index is 11.5. The summed E-state index contributed by atoms with van der Waals surface area (Å²) < 4.78 is 22.8. The Labute approximate surface area is 116 Å². The van der Waals surface area contributed by atoms with Gasteiger partial charge < -0.3 is 5.32 Å². The first-order valence-electron chi connectivity index (χ1n) is 5.20. The first-order chi connectivity index (χ1) is 8.34. The van der Waals surface area contributed by atoms with Gasteiger partial charge in [0.1, 0.15) is 0 Å². The smallest absolute Gasteiger partial charge is 0.224 e. The molecule has 7 heteroatoms. The van der Waals surface area contributed by atoms with Gasteiger partial charge in [0, 0.05) is 18.6 Å². The highest BCUT2D eigenvalue weighted by atomic mass is 35.5. The quantitative estimate of drug-likeness (QED) is 0.851. The van der Waals surface area contributed by atoms with E-state index in [-0.39, 0.29) is 17.2 Å². The van der Waals surface area contributed by atoms with Crippen molar-refractivity contribution < 1.29 is 13.2 Å². The molecule has 0 aliphatic rings. The molecule has 4 nitrogen and oxygen atoms in total. The number of hydrogen-bond acceptors (Lipinski definition) is 3. The van der Waals surface area contributed by atoms with Gasteiger partial charge in [-0.05, 0) is 24.6 Å². The first-order valence-corrected chi connectivity index (χ1v) is 8.00. The lowest BCUT2D eigenvalue weighted by Gasteiger charge is -2.08. The van der Waals surface area contributed by atoms with Gasteiger partial charge in [-0.15, -0.1) is 11.6 Å². The van der Waals surface area contributed by atoms with Gasteiger partial charge in [-0.2, -0.15) is 0 Å². The molecule has 0 unspecified atom stereocenters. The Balaban J connectivity index is 2.92. The summed E-state index contributed by atoms with van der Waals surface area (Å²) in [5.74, 6) is 0.146. The molecule has 1 amide bonds. The molecule has 1 N–H and O–H groups in total. The van der Waals surface area contributed by atoms with Gasteiger partial charge in [-0.1, -0.05) is 11.6 Å². The number of nitrogens with one attached hydrogen (secondary N) is 1. The minimum atomic E-state index is -3.33. The predicted octanol–water partition coefficient (Wildman–Crippen LogP) is 2.70. The zero-order valence-electron chi connectivity index (χ0n) is 9.74. The molecule has 1 rings (SSSR count). The molecule has 0 saturated heterocycles. The van der Waals surface area contributed by atoms with Crippen LogP contribution in [0.15, 0.2) is 23.1 Å². The van der Waals surface area contributed by atoms with Crippen molar-refractivity contribution in [2.75, 3.05) is 17.5 Å². The second-order valence-electron chi connectivity index (χ2n) is 3.75. The zero-order valence-corrected chi connectivity index (χ0v) is 12.1. The Kier molecular flexibility index (Phi) is 5.44. The lowest BCUT2D eigenvalue weighted by Crippen LogP contribution is -2.12. The molecule has 0 heterocycles. The van der Waals surface area contributed by atoms with Crippen molar-refractivity contribution in [3.05, 3.63) is 23.2 Å². The molecule has 0 radical (unpaired) electrons. The van der Waals surface area contributed by atoms with Crippen LogP contribution >= 0.6 is 23.2 Å². The van der Waals surface area contributed by atoms with Crippen LogP contribution < -0.4 is 5.32 Å². The molecule has 1 aromatic carbocycles. The average Bonchev–Trinajstić information content (AvgIpc) is 2.28. The van der Waals surface area contributed by atoms with Crippen molar-refractivity contribution in [2.24, 2.45) is 0 Å². The Bertz CT molecular complexity index is 543. The third-order valence-corrected chi connectivity index (χ3v) is 3.88. The number of halogens is 2. The largest absolute Gasteiger partial charge is 0.325 e. The van der Waals surface area contributed by atoms with E-state index < -0.39 is 9.84 Å². The Hall–Kier alpha value is -0.780. The first kappa shape index (κ1) is 15.3. The van der Waals surface area contributed by atoms with Gasteiger partial charge in [0.2, 0.25) is 5.91 Å². The standard InChI is InChI=1S/C11H13Cl2NO3S/c1-18(16,17)8-4-5-9(13)10(7-8)14-11(15)3-2-6-12/h4-5,7H,2-3,6H2,1H3,(H,14,15). The lowest BCUT2D eigenvalue weighted by molar-refractivity contribution is -0.116. The van der Waals surface area contributed by atoms with Crippen molar-refractivity contribution >= 4 is 44.6 Å². The summed E-state index contributed by atoms with van der Waals surface area (Å²) in [5.41, 5.74) is 0.291. The van der Waals surface area contributed by atoms with Crippen LogP contribution in [0.4, 0.5) is 5.69 Å². The summed E-state index contributed by atoms with van der Waals surface area (Å²) in [6.45, 7) is 0. The summed E-state index contributed by atoms with van der Waals surface area (Å²) in [6.07, 6.45) is 1.91. The number of carbonyl (C=O) groups is 1. The summed E-state index contributed by atoms with van der Waals surface area (Å²) in [6, 6.07) is 4.18. The topological polar surface area (TPSA) is 63.2 Å². The van der Waals surface area contributed by atoms with E-state index in [1.165, 1.54) is 18.2 Å². The molecule has 0 fully saturated rings. The number of hydrogen-bond donors (Lipinski definition) is 1. The molecule has 0 saturated carbocycles. The van der Waals surface area contributed by atoms with Crippen LogP contribution in [-0.2, 0) is 14.6 Å². The third kappa shape index (κ3) is 4.48. The van der Waals surface area contributed by atoms with E-state index >= 15 is 0 Å². The Morgan fingerprint density at radius 1 is 1.39 bits per heavy atom. The lowest BCUT2D eigenvalue weighted by atomic mass is 10.3. The normalized spacial score (nSPS) is 11.3. The molecular formula is C11H13Cl2NO3S. The fourth-order valence-electron chi connectivity index (χ4n) is 1.27. The molecule has 0 aliphatic carbocycles. The molecule has 0 spiro atoms. The number of alkyl halides is 1. The Morgan fingerprint density at radius 2 is 2.06 bits per heavy atom. The maximum Gasteiger partial charge on any atom is 0.224 e. The van der Waals surface area contributed by atoms with Crippen LogP contribution in [0.25, 0.3) is 0 Å². The van der Waals surface area contributed by atoms with Crippen molar-refractivity contribution in [3.63, 3.8) is 0 Å². The molecule has 18 heavy (non-hydrogen) atoms. The van der Waals surface area contributed by atoms with E-state index in [0.717, 1.165) is 6.26 Å². The number of sulfone groups is 1. The van der Waals surface area contributed by atoms with E-state index in [0.29, 0.717) is 23.0 Å². The van der Waals surface area contributed by atoms with E-state index in [1.54, 1.807) is 0 Å². The highest BCUT2D eigenvalue weighted by molar-refractivity contribution is 7.90. The number of benzene rings is 1. The van der Waals surface area contributed by atoms with Crippen molar-refractivity contribution in [2.45, 2.75) is 17.7 Å². The van der Waals surface area contributed by atoms with Gasteiger partial charge in [-0.25, -0.2) is 8.42 Å². The van der Waals surface area contributed by atoms with Gasteiger partial charge in [-0.3, -0.25) is 4.79 Å². The summed E-state index contributed by atoms with van der Waals surface area (Å²) in [5, 5.41) is 2.86. The maximum absolute atomic E-state index is 11.5. The minimum absolute atomic E-state index is 0.111. The minimum Gasteiger partial charge on any atom is -0.325 e. The molecule has 0 bridgehead atoms. The fourth-order valence-corrected chi connectivity index (χ4v) is 2.22. The van der Waals surface area contributed by atoms with E-state index in [1.807, 2.05) is 0 Å². The average molecular weight is 310 g/mol. The molecule has 0 aromatic heterocycles. The van der Waals surface area contributed by atoms with Gasteiger partial charge in [0.15, 0.2) is 9.84 Å². The van der Waals surface area contributed by atoms with Crippen molar-refractivity contribution in [1.29, 1.82) is 0 Å².